The van der Waals surface area contributed by atoms with E-state index in [0.29, 0.717) is 12.2 Å². The van der Waals surface area contributed by atoms with Crippen LogP contribution in [0.4, 0.5) is 5.69 Å². The normalized spacial score (nSPS) is 32.9. The van der Waals surface area contributed by atoms with Crippen LogP contribution < -0.4 is 10.6 Å². The summed E-state index contributed by atoms with van der Waals surface area (Å²) in [6, 6.07) is 8.16. The van der Waals surface area contributed by atoms with E-state index in [0.717, 1.165) is 25.7 Å². The van der Waals surface area contributed by atoms with Crippen molar-refractivity contribution >= 4 is 35.2 Å². The van der Waals surface area contributed by atoms with Gasteiger partial charge < -0.3 is 20.6 Å². The van der Waals surface area contributed by atoms with Crippen LogP contribution in [0.25, 0.3) is 0 Å². The largest absolute Gasteiger partial charge is 0.394 e. The molecule has 8 atom stereocenters. The van der Waals surface area contributed by atoms with Gasteiger partial charge in [0, 0.05) is 17.5 Å². The number of likely N-dealkylation sites (tertiary alicyclic amines) is 1. The number of amides is 3. The summed E-state index contributed by atoms with van der Waals surface area (Å²) in [4.78, 5) is 43.2. The first kappa shape index (κ1) is 26.0. The third-order valence-corrected chi connectivity index (χ3v) is 10.5. The monoisotopic (exact) mass is 501 g/mol. The molecule has 2 bridgehead atoms. The van der Waals surface area contributed by atoms with E-state index < -0.39 is 28.7 Å². The molecule has 8 heteroatoms. The summed E-state index contributed by atoms with van der Waals surface area (Å²) in [5, 5.41) is 16.5. The van der Waals surface area contributed by atoms with Gasteiger partial charge in [-0.3, -0.25) is 14.4 Å². The summed E-state index contributed by atoms with van der Waals surface area (Å²) in [6.07, 6.45) is 3.40. The molecular formula is C27H39N3O4S. The minimum atomic E-state index is -0.692. The summed E-state index contributed by atoms with van der Waals surface area (Å²) < 4.78 is -0.669. The fourth-order valence-corrected chi connectivity index (χ4v) is 8.87. The highest BCUT2D eigenvalue weighted by Crippen LogP contribution is 2.69. The molecule has 192 valence electrons. The van der Waals surface area contributed by atoms with Crippen LogP contribution in [0.1, 0.15) is 53.4 Å². The van der Waals surface area contributed by atoms with Crippen LogP contribution in [0.3, 0.4) is 0 Å². The van der Waals surface area contributed by atoms with E-state index in [9.17, 15) is 19.5 Å². The van der Waals surface area contributed by atoms with Crippen LogP contribution in [-0.4, -0.2) is 63.0 Å². The van der Waals surface area contributed by atoms with Crippen LogP contribution in [0, 0.1) is 23.7 Å². The van der Waals surface area contributed by atoms with Gasteiger partial charge in [0.25, 0.3) is 0 Å². The second-order valence-corrected chi connectivity index (χ2v) is 12.0. The fraction of sp³-hybridized carbons (Fsp3) is 0.667. The molecule has 1 aromatic rings. The number of carbonyl (C=O) groups is 3. The van der Waals surface area contributed by atoms with Crippen molar-refractivity contribution in [1.82, 2.24) is 10.2 Å². The number of aliphatic hydroxyl groups is 1. The van der Waals surface area contributed by atoms with Gasteiger partial charge in [0.05, 0.1) is 29.2 Å². The Morgan fingerprint density at radius 2 is 1.94 bits per heavy atom. The van der Waals surface area contributed by atoms with E-state index >= 15 is 0 Å². The maximum atomic E-state index is 14.2. The van der Waals surface area contributed by atoms with E-state index in [4.69, 9.17) is 0 Å². The summed E-state index contributed by atoms with van der Waals surface area (Å²) in [5.41, 5.74) is 0.705. The zero-order chi connectivity index (χ0) is 25.3. The zero-order valence-electron chi connectivity index (χ0n) is 21.2. The first-order valence-electron chi connectivity index (χ1n) is 13.1. The van der Waals surface area contributed by atoms with Crippen LogP contribution >= 0.6 is 11.8 Å². The Labute approximate surface area is 212 Å². The number of fused-ring (bicyclic) bond motifs is 1. The predicted octanol–water partition coefficient (Wildman–Crippen LogP) is 3.29. The molecule has 0 aliphatic carbocycles. The van der Waals surface area contributed by atoms with Crippen molar-refractivity contribution in [1.29, 1.82) is 0 Å². The van der Waals surface area contributed by atoms with Crippen LogP contribution in [-0.2, 0) is 14.4 Å². The molecule has 0 radical (unpaired) electrons. The Kier molecular flexibility index (Phi) is 7.81. The lowest BCUT2D eigenvalue weighted by Gasteiger charge is -2.41. The highest BCUT2D eigenvalue weighted by molar-refractivity contribution is 8.02. The van der Waals surface area contributed by atoms with Gasteiger partial charge in [-0.05, 0) is 36.8 Å². The van der Waals surface area contributed by atoms with Gasteiger partial charge in [-0.15, -0.1) is 11.8 Å². The van der Waals surface area contributed by atoms with Gasteiger partial charge in [-0.25, -0.2) is 0 Å². The van der Waals surface area contributed by atoms with Crippen molar-refractivity contribution in [3.63, 3.8) is 0 Å². The number of benzene rings is 1. The predicted molar refractivity (Wildman–Crippen MR) is 139 cm³/mol. The highest BCUT2D eigenvalue weighted by atomic mass is 32.2. The van der Waals surface area contributed by atoms with Gasteiger partial charge in [0.15, 0.2) is 0 Å². The van der Waals surface area contributed by atoms with Gasteiger partial charge in [0.1, 0.15) is 6.04 Å². The first-order valence-corrected chi connectivity index (χ1v) is 13.9. The van der Waals surface area contributed by atoms with Crippen molar-refractivity contribution in [2.24, 2.45) is 23.7 Å². The molecule has 3 fully saturated rings. The van der Waals surface area contributed by atoms with Crippen molar-refractivity contribution < 1.29 is 19.5 Å². The molecule has 3 aliphatic rings. The molecule has 7 nitrogen and oxygen atoms in total. The van der Waals surface area contributed by atoms with Crippen molar-refractivity contribution in [3.8, 4) is 0 Å². The van der Waals surface area contributed by atoms with Gasteiger partial charge in [-0.2, -0.15) is 0 Å². The second-order valence-electron chi connectivity index (χ2n) is 10.4. The molecule has 3 saturated heterocycles. The number of rotatable bonds is 10. The maximum absolute atomic E-state index is 14.2. The van der Waals surface area contributed by atoms with Crippen molar-refractivity contribution in [3.05, 3.63) is 30.3 Å². The number of thioether (sulfide) groups is 1. The number of hydrogen-bond donors (Lipinski definition) is 3. The minimum Gasteiger partial charge on any atom is -0.394 e. The van der Waals surface area contributed by atoms with Crippen LogP contribution in [0.15, 0.2) is 30.3 Å². The Balaban J connectivity index is 1.73. The van der Waals surface area contributed by atoms with Crippen LogP contribution in [0.5, 0.6) is 0 Å². The number of carbonyl (C=O) groups excluding carboxylic acids is 3. The summed E-state index contributed by atoms with van der Waals surface area (Å²) in [6.45, 7) is 8.59. The lowest BCUT2D eigenvalue weighted by Crippen LogP contribution is -2.59. The van der Waals surface area contributed by atoms with Crippen LogP contribution in [0.2, 0.25) is 0 Å². The van der Waals surface area contributed by atoms with Gasteiger partial charge in [0.2, 0.25) is 17.7 Å². The molecule has 35 heavy (non-hydrogen) atoms. The first-order chi connectivity index (χ1) is 16.8. The van der Waals surface area contributed by atoms with E-state index in [1.54, 1.807) is 16.7 Å². The standard InChI is InChI=1S/C27H39N3O4S/c1-5-7-13-28-25(33)23-27-17(4)14-20(35-27)21(24(32)29-18-11-9-8-10-12-18)22(27)26(34)30(23)19(15-31)16(3)6-2/h8-12,16-17,19-23,31H,5-7,13-15H2,1-4H3,(H,28,33)(H,29,32)/t16-,17?,19-,20-,21+,22-,23?,27?/m0/s1. The molecule has 3 amide bonds. The number of unbranched alkanes of at least 4 members (excludes halogenated alkanes) is 1. The summed E-state index contributed by atoms with van der Waals surface area (Å²) in [7, 11) is 0. The number of nitrogens with one attached hydrogen (secondary N) is 2. The summed E-state index contributed by atoms with van der Waals surface area (Å²) >= 11 is 1.67. The molecule has 3 heterocycles. The van der Waals surface area contributed by atoms with E-state index in [1.807, 2.05) is 44.2 Å². The molecule has 3 aliphatic heterocycles. The molecule has 0 aromatic heterocycles. The summed E-state index contributed by atoms with van der Waals surface area (Å²) in [5.74, 6) is -1.41. The molecule has 3 N–H and O–H groups in total. The Hall–Kier alpha value is -2.06. The van der Waals surface area contributed by atoms with Crippen molar-refractivity contribution in [2.45, 2.75) is 75.5 Å². The number of para-hydroxylation sites is 1. The molecule has 4 rings (SSSR count). The smallest absolute Gasteiger partial charge is 0.244 e. The Morgan fingerprint density at radius 1 is 1.23 bits per heavy atom. The average Bonchev–Trinajstić information content (AvgIpc) is 3.44. The molecule has 1 spiro atoms. The zero-order valence-corrected chi connectivity index (χ0v) is 22.0. The highest BCUT2D eigenvalue weighted by Gasteiger charge is 2.76. The minimum absolute atomic E-state index is 0.00747. The Morgan fingerprint density at radius 3 is 2.57 bits per heavy atom. The van der Waals surface area contributed by atoms with Gasteiger partial charge >= 0.3 is 0 Å². The quantitative estimate of drug-likeness (QED) is 0.428. The molecular weight excluding hydrogens is 462 g/mol. The van der Waals surface area contributed by atoms with E-state index in [2.05, 4.69) is 24.5 Å². The number of aliphatic hydroxyl groups excluding tert-OH is 1. The molecule has 3 unspecified atom stereocenters. The van der Waals surface area contributed by atoms with Gasteiger partial charge in [-0.1, -0.05) is 58.7 Å². The van der Waals surface area contributed by atoms with E-state index in [-0.39, 0.29) is 41.4 Å². The Bertz CT molecular complexity index is 944. The maximum Gasteiger partial charge on any atom is 0.244 e. The molecule has 0 saturated carbocycles. The average molecular weight is 502 g/mol. The second kappa shape index (κ2) is 10.5. The number of nitrogens with zero attached hydrogens (tertiary/aromatic N) is 1. The number of anilines is 1. The van der Waals surface area contributed by atoms with E-state index in [1.165, 1.54) is 0 Å². The lowest BCUT2D eigenvalue weighted by atomic mass is 9.66. The fourth-order valence-electron chi connectivity index (χ4n) is 6.46. The lowest BCUT2D eigenvalue weighted by molar-refractivity contribution is -0.143. The van der Waals surface area contributed by atoms with Crippen molar-refractivity contribution in [2.75, 3.05) is 18.5 Å². The third kappa shape index (κ3) is 4.26. The number of hydrogen-bond acceptors (Lipinski definition) is 5. The molecule has 1 aromatic carbocycles. The topological polar surface area (TPSA) is 98.7 Å². The SMILES string of the molecule is CCCCNC(=O)C1N([C@@H](CO)[C@@H](C)CC)C(=O)[C@@H]2[C@H](C(=O)Nc3ccccc3)[C@@H]3CC(C)C12S3. The third-order valence-electron chi connectivity index (χ3n) is 8.45.